The van der Waals surface area contributed by atoms with Crippen molar-refractivity contribution in [3.63, 3.8) is 0 Å². The Morgan fingerprint density at radius 1 is 1.10 bits per heavy atom. The van der Waals surface area contributed by atoms with Gasteiger partial charge in [0, 0.05) is 13.1 Å². The van der Waals surface area contributed by atoms with Crippen LogP contribution in [0.1, 0.15) is 48.6 Å². The molecule has 0 aromatic heterocycles. The molecule has 6 nitrogen and oxygen atoms in total. The van der Waals surface area contributed by atoms with Gasteiger partial charge in [0.1, 0.15) is 11.4 Å². The van der Waals surface area contributed by atoms with Gasteiger partial charge in [-0.15, -0.1) is 0 Å². The third-order valence-electron chi connectivity index (χ3n) is 5.01. The first-order valence-electron chi connectivity index (χ1n) is 10.2. The average Bonchev–Trinajstić information content (AvgIpc) is 2.72. The van der Waals surface area contributed by atoms with Gasteiger partial charge in [-0.25, -0.2) is 4.79 Å². The van der Waals surface area contributed by atoms with Gasteiger partial charge in [0.15, 0.2) is 0 Å². The van der Waals surface area contributed by atoms with Crippen LogP contribution in [0.2, 0.25) is 0 Å². The van der Waals surface area contributed by atoms with Crippen LogP contribution < -0.4 is 4.74 Å². The van der Waals surface area contributed by atoms with Crippen molar-refractivity contribution in [1.29, 1.82) is 0 Å². The van der Waals surface area contributed by atoms with E-state index in [0.717, 1.165) is 40.0 Å². The summed E-state index contributed by atoms with van der Waals surface area (Å²) in [6.07, 6.45) is 0.414. The molecule has 6 heteroatoms. The van der Waals surface area contributed by atoms with E-state index in [1.165, 1.54) is 0 Å². The minimum Gasteiger partial charge on any atom is -0.497 e. The standard InChI is InChI=1S/C24H31NO5/c1-24(2,3)30-23(27)25-10-9-19-11-18(12-20(14-26)22(19)13-25)16-29-15-17-5-7-21(28-4)8-6-17/h5-8,11-12,26H,9-10,13-16H2,1-4H3. The number of rotatable bonds is 6. The van der Waals surface area contributed by atoms with Crippen LogP contribution in [-0.2, 0) is 42.3 Å². The molecule has 0 bridgehead atoms. The summed E-state index contributed by atoms with van der Waals surface area (Å²) in [6, 6.07) is 11.9. The van der Waals surface area contributed by atoms with E-state index in [0.29, 0.717) is 26.3 Å². The summed E-state index contributed by atoms with van der Waals surface area (Å²) in [5.41, 5.74) is 4.57. The summed E-state index contributed by atoms with van der Waals surface area (Å²) in [7, 11) is 1.65. The summed E-state index contributed by atoms with van der Waals surface area (Å²) in [5, 5.41) is 9.89. The van der Waals surface area contributed by atoms with Gasteiger partial charge in [-0.2, -0.15) is 0 Å². The number of methoxy groups -OCH3 is 1. The highest BCUT2D eigenvalue weighted by Gasteiger charge is 2.27. The molecule has 1 aliphatic heterocycles. The lowest BCUT2D eigenvalue weighted by atomic mass is 9.93. The SMILES string of the molecule is COc1ccc(COCc2cc(CO)c3c(c2)CCN(C(=O)OC(C)(C)C)C3)cc1. The molecule has 0 spiro atoms. The minimum atomic E-state index is -0.526. The van der Waals surface area contributed by atoms with Gasteiger partial charge in [-0.1, -0.05) is 24.3 Å². The first-order valence-corrected chi connectivity index (χ1v) is 10.2. The van der Waals surface area contributed by atoms with Gasteiger partial charge in [-0.3, -0.25) is 0 Å². The lowest BCUT2D eigenvalue weighted by Crippen LogP contribution is -2.40. The second kappa shape index (κ2) is 9.49. The number of ether oxygens (including phenoxy) is 3. The fourth-order valence-electron chi connectivity index (χ4n) is 3.54. The average molecular weight is 414 g/mol. The number of amides is 1. The largest absolute Gasteiger partial charge is 0.497 e. The molecule has 3 rings (SSSR count). The summed E-state index contributed by atoms with van der Waals surface area (Å²) in [5.74, 6) is 0.821. The molecule has 0 saturated carbocycles. The maximum absolute atomic E-state index is 12.4. The Hall–Kier alpha value is -2.57. The van der Waals surface area contributed by atoms with Crippen LogP contribution in [0.25, 0.3) is 0 Å². The topological polar surface area (TPSA) is 68.2 Å². The van der Waals surface area contributed by atoms with Crippen LogP contribution in [-0.4, -0.2) is 35.4 Å². The molecule has 0 saturated heterocycles. The summed E-state index contributed by atoms with van der Waals surface area (Å²) in [6.45, 7) is 7.53. The number of hydrogen-bond donors (Lipinski definition) is 1. The van der Waals surface area contributed by atoms with E-state index in [9.17, 15) is 9.90 Å². The number of aliphatic hydroxyl groups excluding tert-OH is 1. The first kappa shape index (κ1) is 22.1. The monoisotopic (exact) mass is 413 g/mol. The van der Waals surface area contributed by atoms with Crippen molar-refractivity contribution in [3.8, 4) is 5.75 Å². The van der Waals surface area contributed by atoms with Crippen LogP contribution in [0.15, 0.2) is 36.4 Å². The lowest BCUT2D eigenvalue weighted by molar-refractivity contribution is 0.0222. The highest BCUT2D eigenvalue weighted by Crippen LogP contribution is 2.26. The van der Waals surface area contributed by atoms with Crippen molar-refractivity contribution in [3.05, 3.63) is 64.2 Å². The zero-order chi connectivity index (χ0) is 21.7. The third kappa shape index (κ3) is 5.74. The van der Waals surface area contributed by atoms with E-state index < -0.39 is 5.60 Å². The van der Waals surface area contributed by atoms with Crippen LogP contribution >= 0.6 is 0 Å². The molecule has 2 aromatic rings. The van der Waals surface area contributed by atoms with E-state index in [4.69, 9.17) is 14.2 Å². The zero-order valence-electron chi connectivity index (χ0n) is 18.2. The smallest absolute Gasteiger partial charge is 0.410 e. The Morgan fingerprint density at radius 2 is 1.80 bits per heavy atom. The van der Waals surface area contributed by atoms with Crippen molar-refractivity contribution in [2.45, 2.75) is 59.2 Å². The van der Waals surface area contributed by atoms with Crippen LogP contribution in [0.5, 0.6) is 5.75 Å². The molecule has 0 atom stereocenters. The summed E-state index contributed by atoms with van der Waals surface area (Å²) >= 11 is 0. The summed E-state index contributed by atoms with van der Waals surface area (Å²) in [4.78, 5) is 14.1. The number of aliphatic hydroxyl groups is 1. The van der Waals surface area contributed by atoms with Crippen molar-refractivity contribution < 1.29 is 24.1 Å². The molecule has 1 amide bonds. The number of nitrogens with zero attached hydrogens (tertiary/aromatic N) is 1. The molecule has 0 radical (unpaired) electrons. The normalized spacial score (nSPS) is 13.7. The molecule has 0 aliphatic carbocycles. The number of carbonyl (C=O) groups excluding carboxylic acids is 1. The molecule has 2 aromatic carbocycles. The van der Waals surface area contributed by atoms with Crippen molar-refractivity contribution in [1.82, 2.24) is 4.90 Å². The minimum absolute atomic E-state index is 0.0726. The maximum atomic E-state index is 12.4. The van der Waals surface area contributed by atoms with Gasteiger partial charge in [0.25, 0.3) is 0 Å². The van der Waals surface area contributed by atoms with E-state index in [1.807, 2.05) is 51.1 Å². The van der Waals surface area contributed by atoms with Gasteiger partial charge in [0.2, 0.25) is 0 Å². The predicted molar refractivity (Wildman–Crippen MR) is 114 cm³/mol. The molecule has 30 heavy (non-hydrogen) atoms. The highest BCUT2D eigenvalue weighted by atomic mass is 16.6. The Kier molecular flexibility index (Phi) is 7.00. The predicted octanol–water partition coefficient (Wildman–Crippen LogP) is 4.20. The molecule has 1 heterocycles. The van der Waals surface area contributed by atoms with E-state index in [1.54, 1.807) is 12.0 Å². The summed E-state index contributed by atoms with van der Waals surface area (Å²) < 4.78 is 16.5. The van der Waals surface area contributed by atoms with E-state index >= 15 is 0 Å². The van der Waals surface area contributed by atoms with Gasteiger partial charge < -0.3 is 24.2 Å². The third-order valence-corrected chi connectivity index (χ3v) is 5.01. The Labute approximate surface area is 178 Å². The highest BCUT2D eigenvalue weighted by molar-refractivity contribution is 5.69. The molecule has 1 aliphatic rings. The second-order valence-corrected chi connectivity index (χ2v) is 8.54. The second-order valence-electron chi connectivity index (χ2n) is 8.54. The molecular formula is C24H31NO5. The maximum Gasteiger partial charge on any atom is 0.410 e. The van der Waals surface area contributed by atoms with Gasteiger partial charge >= 0.3 is 6.09 Å². The fourth-order valence-corrected chi connectivity index (χ4v) is 3.54. The van der Waals surface area contributed by atoms with Gasteiger partial charge in [-0.05, 0) is 67.1 Å². The molecule has 162 valence electrons. The fraction of sp³-hybridized carbons (Fsp3) is 0.458. The number of benzene rings is 2. The molecular weight excluding hydrogens is 382 g/mol. The Morgan fingerprint density at radius 3 is 2.43 bits per heavy atom. The van der Waals surface area contributed by atoms with Crippen molar-refractivity contribution in [2.24, 2.45) is 0 Å². The molecule has 0 unspecified atom stereocenters. The van der Waals surface area contributed by atoms with Crippen LogP contribution in [0.4, 0.5) is 4.79 Å². The van der Waals surface area contributed by atoms with Crippen LogP contribution in [0.3, 0.4) is 0 Å². The number of hydrogen-bond acceptors (Lipinski definition) is 5. The number of carbonyl (C=O) groups is 1. The Bertz CT molecular complexity index is 853. The van der Waals surface area contributed by atoms with E-state index in [-0.39, 0.29) is 12.7 Å². The first-order chi connectivity index (χ1) is 14.3. The quantitative estimate of drug-likeness (QED) is 0.769. The zero-order valence-corrected chi connectivity index (χ0v) is 18.2. The Balaban J connectivity index is 1.64. The van der Waals surface area contributed by atoms with E-state index in [2.05, 4.69) is 6.07 Å². The van der Waals surface area contributed by atoms with Crippen LogP contribution in [0, 0.1) is 0 Å². The lowest BCUT2D eigenvalue weighted by Gasteiger charge is -2.32. The van der Waals surface area contributed by atoms with Crippen molar-refractivity contribution in [2.75, 3.05) is 13.7 Å². The number of fused-ring (bicyclic) bond motifs is 1. The molecule has 1 N–H and O–H groups in total. The van der Waals surface area contributed by atoms with Gasteiger partial charge in [0.05, 0.1) is 26.9 Å². The van der Waals surface area contributed by atoms with Crippen molar-refractivity contribution >= 4 is 6.09 Å². The molecule has 0 fully saturated rings.